The Labute approximate surface area is 100 Å². The first-order valence-electron chi connectivity index (χ1n) is 5.40. The largest absolute Gasteiger partial charge is 0.493 e. The Bertz CT molecular complexity index is 371. The third-order valence-corrected chi connectivity index (χ3v) is 2.70. The van der Waals surface area contributed by atoms with Gasteiger partial charge < -0.3 is 10.5 Å². The summed E-state index contributed by atoms with van der Waals surface area (Å²) in [6, 6.07) is 7.56. The lowest BCUT2D eigenvalue weighted by Gasteiger charge is -2.04. The summed E-state index contributed by atoms with van der Waals surface area (Å²) in [7, 11) is 0. The molecule has 0 saturated heterocycles. The Balaban J connectivity index is 1.92. The van der Waals surface area contributed by atoms with Crippen molar-refractivity contribution in [3.05, 3.63) is 24.3 Å². The molecule has 2 rings (SSSR count). The normalized spacial score (nSPS) is 16.2. The van der Waals surface area contributed by atoms with Crippen LogP contribution in [0.25, 0.3) is 0 Å². The Morgan fingerprint density at radius 1 is 1.38 bits per heavy atom. The Morgan fingerprint density at radius 2 is 2.06 bits per heavy atom. The van der Waals surface area contributed by atoms with E-state index in [2.05, 4.69) is 4.99 Å². The molecule has 1 aliphatic carbocycles. The average molecular weight is 239 g/mol. The predicted octanol–water partition coefficient (Wildman–Crippen LogP) is 2.70. The Morgan fingerprint density at radius 3 is 2.62 bits per heavy atom. The molecule has 1 aromatic rings. The van der Waals surface area contributed by atoms with E-state index < -0.39 is 0 Å². The van der Waals surface area contributed by atoms with Crippen LogP contribution in [0, 0.1) is 5.92 Å². The predicted molar refractivity (Wildman–Crippen MR) is 66.7 cm³/mol. The zero-order valence-corrected chi connectivity index (χ0v) is 9.78. The number of hydrogen-bond donors (Lipinski definition) is 1. The van der Waals surface area contributed by atoms with E-state index in [-0.39, 0.29) is 5.88 Å². The van der Waals surface area contributed by atoms with Gasteiger partial charge in [0.2, 0.25) is 0 Å². The lowest BCUT2D eigenvalue weighted by molar-refractivity contribution is 0.300. The maximum atomic E-state index is 5.61. The summed E-state index contributed by atoms with van der Waals surface area (Å²) in [5.74, 6) is 2.33. The molecule has 0 atom stereocenters. The van der Waals surface area contributed by atoms with Crippen LogP contribution in [0.2, 0.25) is 0 Å². The maximum absolute atomic E-state index is 5.61. The van der Waals surface area contributed by atoms with E-state index in [4.69, 9.17) is 22.1 Å². The van der Waals surface area contributed by atoms with Gasteiger partial charge in [0.25, 0.3) is 0 Å². The van der Waals surface area contributed by atoms with Crippen molar-refractivity contribution < 1.29 is 4.74 Å². The van der Waals surface area contributed by atoms with Gasteiger partial charge in [-0.25, -0.2) is 4.99 Å². The topological polar surface area (TPSA) is 47.6 Å². The summed E-state index contributed by atoms with van der Waals surface area (Å²) in [6.07, 6.45) is 2.60. The van der Waals surface area contributed by atoms with Gasteiger partial charge in [-0.15, -0.1) is 11.6 Å². The molecule has 16 heavy (non-hydrogen) atoms. The van der Waals surface area contributed by atoms with Crippen molar-refractivity contribution in [3.63, 3.8) is 0 Å². The molecule has 0 amide bonds. The van der Waals surface area contributed by atoms with Crippen molar-refractivity contribution in [2.45, 2.75) is 12.8 Å². The second-order valence-electron chi connectivity index (χ2n) is 3.99. The van der Waals surface area contributed by atoms with E-state index in [1.54, 1.807) is 0 Å². The number of hydrogen-bond acceptors (Lipinski definition) is 2. The second-order valence-corrected chi connectivity index (χ2v) is 4.25. The maximum Gasteiger partial charge on any atom is 0.119 e. The fourth-order valence-corrected chi connectivity index (χ4v) is 1.37. The van der Waals surface area contributed by atoms with Crippen molar-refractivity contribution >= 4 is 23.1 Å². The minimum absolute atomic E-state index is 0.250. The van der Waals surface area contributed by atoms with Crippen LogP contribution in [0.1, 0.15) is 12.8 Å². The van der Waals surface area contributed by atoms with Crippen LogP contribution >= 0.6 is 11.6 Å². The number of ether oxygens (including phenoxy) is 1. The number of rotatable bonds is 5. The summed E-state index contributed by atoms with van der Waals surface area (Å²) < 4.78 is 5.61. The van der Waals surface area contributed by atoms with Gasteiger partial charge in [-0.2, -0.15) is 0 Å². The number of amidine groups is 1. The molecule has 86 valence electrons. The molecule has 1 fully saturated rings. The van der Waals surface area contributed by atoms with Gasteiger partial charge in [0.1, 0.15) is 11.6 Å². The molecule has 1 aliphatic rings. The van der Waals surface area contributed by atoms with Gasteiger partial charge in [0.15, 0.2) is 0 Å². The van der Waals surface area contributed by atoms with Crippen LogP contribution in [0.5, 0.6) is 5.75 Å². The minimum Gasteiger partial charge on any atom is -0.493 e. The van der Waals surface area contributed by atoms with Gasteiger partial charge in [-0.3, -0.25) is 0 Å². The molecule has 0 bridgehead atoms. The van der Waals surface area contributed by atoms with Crippen LogP contribution in [0.3, 0.4) is 0 Å². The molecular formula is C12H15ClN2O. The summed E-state index contributed by atoms with van der Waals surface area (Å²) in [5, 5.41) is 0. The Hall–Kier alpha value is -1.22. The van der Waals surface area contributed by atoms with Crippen molar-refractivity contribution in [2.24, 2.45) is 16.6 Å². The van der Waals surface area contributed by atoms with Crippen molar-refractivity contribution in [3.8, 4) is 5.75 Å². The molecule has 0 aromatic heterocycles. The molecule has 0 aliphatic heterocycles. The first-order valence-corrected chi connectivity index (χ1v) is 5.93. The highest BCUT2D eigenvalue weighted by molar-refractivity contribution is 6.28. The molecule has 0 spiro atoms. The van der Waals surface area contributed by atoms with E-state index in [9.17, 15) is 0 Å². The highest BCUT2D eigenvalue weighted by Gasteiger charge is 2.21. The van der Waals surface area contributed by atoms with Crippen LogP contribution in [0.15, 0.2) is 29.3 Å². The summed E-state index contributed by atoms with van der Waals surface area (Å²) in [4.78, 5) is 4.13. The highest BCUT2D eigenvalue weighted by Crippen LogP contribution is 2.29. The number of alkyl halides is 1. The monoisotopic (exact) mass is 238 g/mol. The number of benzene rings is 1. The van der Waals surface area contributed by atoms with Crippen molar-refractivity contribution in [1.82, 2.24) is 0 Å². The fourth-order valence-electron chi connectivity index (χ4n) is 1.31. The highest BCUT2D eigenvalue weighted by atomic mass is 35.5. The fraction of sp³-hybridized carbons (Fsp3) is 0.417. The Kier molecular flexibility index (Phi) is 3.67. The molecule has 0 unspecified atom stereocenters. The quantitative estimate of drug-likeness (QED) is 0.487. The molecular weight excluding hydrogens is 224 g/mol. The average Bonchev–Trinajstić information content (AvgIpc) is 3.12. The van der Waals surface area contributed by atoms with E-state index in [1.165, 1.54) is 12.8 Å². The number of nitrogens with zero attached hydrogens (tertiary/aromatic N) is 1. The summed E-state index contributed by atoms with van der Waals surface area (Å²) in [6.45, 7) is 0.826. The first-order chi connectivity index (χ1) is 7.78. The smallest absolute Gasteiger partial charge is 0.119 e. The van der Waals surface area contributed by atoms with Crippen LogP contribution in [-0.2, 0) is 0 Å². The van der Waals surface area contributed by atoms with E-state index in [0.717, 1.165) is 24.0 Å². The standard InChI is InChI=1S/C12H15ClN2O/c13-7-12(14)15-10-3-5-11(6-4-10)16-8-9-1-2-9/h3-6,9H,1-2,7-8H2,(H2,14,15). The molecule has 0 heterocycles. The van der Waals surface area contributed by atoms with Gasteiger partial charge >= 0.3 is 0 Å². The summed E-state index contributed by atoms with van der Waals surface area (Å²) in [5.41, 5.74) is 6.34. The third kappa shape index (κ3) is 3.42. The number of nitrogens with two attached hydrogens (primary N) is 1. The molecule has 4 heteroatoms. The van der Waals surface area contributed by atoms with Crippen LogP contribution in [0.4, 0.5) is 5.69 Å². The van der Waals surface area contributed by atoms with Crippen molar-refractivity contribution in [1.29, 1.82) is 0 Å². The lowest BCUT2D eigenvalue weighted by Crippen LogP contribution is -2.12. The van der Waals surface area contributed by atoms with Gasteiger partial charge in [0, 0.05) is 0 Å². The molecule has 1 aromatic carbocycles. The van der Waals surface area contributed by atoms with Gasteiger partial charge in [-0.05, 0) is 43.0 Å². The first kappa shape index (κ1) is 11.3. The molecule has 2 N–H and O–H groups in total. The number of halogens is 1. The van der Waals surface area contributed by atoms with Gasteiger partial charge in [-0.1, -0.05) is 0 Å². The summed E-state index contributed by atoms with van der Waals surface area (Å²) >= 11 is 5.54. The van der Waals surface area contributed by atoms with E-state index >= 15 is 0 Å². The lowest BCUT2D eigenvalue weighted by atomic mass is 10.3. The van der Waals surface area contributed by atoms with E-state index in [0.29, 0.717) is 5.84 Å². The second kappa shape index (κ2) is 5.21. The zero-order valence-electron chi connectivity index (χ0n) is 9.03. The third-order valence-electron chi connectivity index (χ3n) is 2.43. The van der Waals surface area contributed by atoms with Crippen LogP contribution in [-0.4, -0.2) is 18.3 Å². The molecule has 1 saturated carbocycles. The minimum atomic E-state index is 0.250. The van der Waals surface area contributed by atoms with Crippen molar-refractivity contribution in [2.75, 3.05) is 12.5 Å². The van der Waals surface area contributed by atoms with Gasteiger partial charge in [0.05, 0.1) is 18.2 Å². The molecule has 3 nitrogen and oxygen atoms in total. The molecule has 0 radical (unpaired) electrons. The zero-order chi connectivity index (χ0) is 11.4. The SMILES string of the molecule is NC(CCl)=Nc1ccc(OCC2CC2)cc1. The number of aliphatic imine (C=N–C) groups is 1. The van der Waals surface area contributed by atoms with Crippen LogP contribution < -0.4 is 10.5 Å². The van der Waals surface area contributed by atoms with E-state index in [1.807, 2.05) is 24.3 Å².